The van der Waals surface area contributed by atoms with Crippen LogP contribution in [0.4, 0.5) is 5.95 Å². The second kappa shape index (κ2) is 3.59. The Kier molecular flexibility index (Phi) is 2.41. The molecule has 1 fully saturated rings. The van der Waals surface area contributed by atoms with Gasteiger partial charge in [0.1, 0.15) is 12.6 Å². The topological polar surface area (TPSA) is 103 Å². The van der Waals surface area contributed by atoms with Crippen LogP contribution in [-0.4, -0.2) is 31.8 Å². The summed E-state index contributed by atoms with van der Waals surface area (Å²) in [5.74, 6) is -0.0668. The molecule has 2 rings (SSSR count). The normalized spacial score (nSPS) is 30.7. The minimum Gasteiger partial charge on any atom is -0.390 e. The second-order valence-corrected chi connectivity index (χ2v) is 3.50. The molecule has 0 saturated carbocycles. The Morgan fingerprint density at radius 2 is 2.47 bits per heavy atom. The highest BCUT2D eigenvalue weighted by Crippen LogP contribution is 2.26. The molecule has 1 aromatic heterocycles. The van der Waals surface area contributed by atoms with Crippen molar-refractivity contribution in [2.75, 3.05) is 5.73 Å². The third-order valence-corrected chi connectivity index (χ3v) is 2.41. The lowest BCUT2D eigenvalue weighted by molar-refractivity contribution is -0.0105. The van der Waals surface area contributed by atoms with Crippen molar-refractivity contribution in [2.45, 2.75) is 31.8 Å². The number of nitrogens with two attached hydrogens (primary N) is 1. The average molecular weight is 212 g/mol. The summed E-state index contributed by atoms with van der Waals surface area (Å²) in [7, 11) is 0. The van der Waals surface area contributed by atoms with Crippen LogP contribution in [0.1, 0.15) is 19.6 Å². The van der Waals surface area contributed by atoms with Gasteiger partial charge in [-0.15, -0.1) is 0 Å². The molecule has 82 valence electrons. The monoisotopic (exact) mass is 212 g/mol. The molecule has 0 aliphatic carbocycles. The maximum absolute atomic E-state index is 11.4. The van der Waals surface area contributed by atoms with Gasteiger partial charge in [0.2, 0.25) is 5.95 Å². The molecule has 1 unspecified atom stereocenters. The average Bonchev–Trinajstić information content (AvgIpc) is 2.46. The third-order valence-electron chi connectivity index (χ3n) is 2.41. The van der Waals surface area contributed by atoms with Gasteiger partial charge in [0, 0.05) is 6.42 Å². The van der Waals surface area contributed by atoms with Gasteiger partial charge < -0.3 is 15.6 Å². The molecule has 3 atom stereocenters. The van der Waals surface area contributed by atoms with E-state index in [0.29, 0.717) is 6.42 Å². The number of hydrogen-bond donors (Lipinski definition) is 2. The summed E-state index contributed by atoms with van der Waals surface area (Å²) in [5.41, 5.74) is 4.74. The van der Waals surface area contributed by atoms with Crippen LogP contribution in [0, 0.1) is 0 Å². The molecule has 7 heteroatoms. The van der Waals surface area contributed by atoms with Gasteiger partial charge >= 0.3 is 5.69 Å². The Labute approximate surface area is 85.5 Å². The van der Waals surface area contributed by atoms with Gasteiger partial charge in [0.05, 0.1) is 12.2 Å². The maximum atomic E-state index is 11.4. The van der Waals surface area contributed by atoms with Crippen LogP contribution in [0.15, 0.2) is 11.1 Å². The lowest BCUT2D eigenvalue weighted by Crippen LogP contribution is -2.28. The van der Waals surface area contributed by atoms with E-state index in [0.717, 1.165) is 0 Å². The molecule has 1 aliphatic rings. The summed E-state index contributed by atoms with van der Waals surface area (Å²) in [6.45, 7) is 1.74. The molecule has 1 aliphatic heterocycles. The molecular weight excluding hydrogens is 200 g/mol. The van der Waals surface area contributed by atoms with E-state index >= 15 is 0 Å². The number of ether oxygens (including phenoxy) is 1. The van der Waals surface area contributed by atoms with Crippen LogP contribution in [0.5, 0.6) is 0 Å². The highest BCUT2D eigenvalue weighted by atomic mass is 16.5. The SMILES string of the molecule is CC1O[C@@H](n2cnc(N)nc2=O)C[C@@H]1O. The van der Waals surface area contributed by atoms with Crippen molar-refractivity contribution in [2.24, 2.45) is 0 Å². The molecule has 0 aromatic carbocycles. The van der Waals surface area contributed by atoms with Crippen LogP contribution in [0.25, 0.3) is 0 Å². The molecular formula is C8H12N4O3. The number of aliphatic hydroxyl groups excluding tert-OH is 1. The van der Waals surface area contributed by atoms with E-state index in [1.807, 2.05) is 0 Å². The molecule has 1 aromatic rings. The predicted octanol–water partition coefficient (Wildman–Crippen LogP) is -1.11. The van der Waals surface area contributed by atoms with Crippen LogP contribution in [0.3, 0.4) is 0 Å². The Bertz CT molecular complexity index is 409. The quantitative estimate of drug-likeness (QED) is 0.611. The van der Waals surface area contributed by atoms with Crippen molar-refractivity contribution in [1.82, 2.24) is 14.5 Å². The third kappa shape index (κ3) is 1.83. The van der Waals surface area contributed by atoms with Crippen molar-refractivity contribution in [3.63, 3.8) is 0 Å². The number of nitrogens with zero attached hydrogens (tertiary/aromatic N) is 3. The first-order valence-corrected chi connectivity index (χ1v) is 4.62. The van der Waals surface area contributed by atoms with Crippen LogP contribution in [-0.2, 0) is 4.74 Å². The molecule has 7 nitrogen and oxygen atoms in total. The highest BCUT2D eigenvalue weighted by Gasteiger charge is 2.32. The molecule has 3 N–H and O–H groups in total. The Morgan fingerprint density at radius 3 is 3.00 bits per heavy atom. The highest BCUT2D eigenvalue weighted by molar-refractivity contribution is 5.09. The Hall–Kier alpha value is -1.47. The summed E-state index contributed by atoms with van der Waals surface area (Å²) in [5, 5.41) is 9.47. The molecule has 0 amide bonds. The second-order valence-electron chi connectivity index (χ2n) is 3.50. The zero-order valence-electron chi connectivity index (χ0n) is 8.20. The molecule has 0 bridgehead atoms. The zero-order chi connectivity index (χ0) is 11.0. The van der Waals surface area contributed by atoms with E-state index < -0.39 is 18.0 Å². The Morgan fingerprint density at radius 1 is 1.73 bits per heavy atom. The van der Waals surface area contributed by atoms with E-state index in [1.165, 1.54) is 10.9 Å². The van der Waals surface area contributed by atoms with E-state index in [-0.39, 0.29) is 12.1 Å². The minimum atomic E-state index is -0.570. The number of hydrogen-bond acceptors (Lipinski definition) is 6. The van der Waals surface area contributed by atoms with E-state index in [9.17, 15) is 9.90 Å². The van der Waals surface area contributed by atoms with Gasteiger partial charge in [-0.1, -0.05) is 0 Å². The number of aliphatic hydroxyl groups is 1. The van der Waals surface area contributed by atoms with Crippen molar-refractivity contribution >= 4 is 5.95 Å². The molecule has 0 radical (unpaired) electrons. The van der Waals surface area contributed by atoms with Crippen LogP contribution >= 0.6 is 0 Å². The van der Waals surface area contributed by atoms with Gasteiger partial charge in [-0.2, -0.15) is 4.98 Å². The zero-order valence-corrected chi connectivity index (χ0v) is 8.20. The number of aromatic nitrogens is 3. The fourth-order valence-electron chi connectivity index (χ4n) is 1.52. The fraction of sp³-hybridized carbons (Fsp3) is 0.625. The molecule has 0 spiro atoms. The Balaban J connectivity index is 2.28. The summed E-state index contributed by atoms with van der Waals surface area (Å²) in [4.78, 5) is 18.6. The summed E-state index contributed by atoms with van der Waals surface area (Å²) in [6, 6.07) is 0. The van der Waals surface area contributed by atoms with Crippen molar-refractivity contribution in [3.8, 4) is 0 Å². The van der Waals surface area contributed by atoms with Crippen molar-refractivity contribution < 1.29 is 9.84 Å². The summed E-state index contributed by atoms with van der Waals surface area (Å²) < 4.78 is 6.60. The number of anilines is 1. The standard InChI is InChI=1S/C8H12N4O3/c1-4-5(13)2-6(15-4)12-3-10-7(9)11-8(12)14/h3-6,13H,2H2,1H3,(H2,9,11,14)/t4?,5-,6+/m0/s1. The van der Waals surface area contributed by atoms with Gasteiger partial charge in [-0.05, 0) is 6.92 Å². The van der Waals surface area contributed by atoms with Gasteiger partial charge in [-0.25, -0.2) is 9.78 Å². The van der Waals surface area contributed by atoms with E-state index in [2.05, 4.69) is 9.97 Å². The van der Waals surface area contributed by atoms with Crippen molar-refractivity contribution in [3.05, 3.63) is 16.8 Å². The van der Waals surface area contributed by atoms with Gasteiger partial charge in [0.15, 0.2) is 0 Å². The van der Waals surface area contributed by atoms with Crippen LogP contribution < -0.4 is 11.4 Å². The fourth-order valence-corrected chi connectivity index (χ4v) is 1.52. The largest absolute Gasteiger partial charge is 0.390 e. The molecule has 2 heterocycles. The summed E-state index contributed by atoms with van der Waals surface area (Å²) >= 11 is 0. The molecule has 15 heavy (non-hydrogen) atoms. The first-order valence-electron chi connectivity index (χ1n) is 4.62. The van der Waals surface area contributed by atoms with E-state index in [4.69, 9.17) is 10.5 Å². The first-order chi connectivity index (χ1) is 7.08. The lowest BCUT2D eigenvalue weighted by Gasteiger charge is -2.12. The van der Waals surface area contributed by atoms with Crippen molar-refractivity contribution in [1.29, 1.82) is 0 Å². The number of nitrogen functional groups attached to an aromatic ring is 1. The maximum Gasteiger partial charge on any atom is 0.354 e. The number of rotatable bonds is 1. The van der Waals surface area contributed by atoms with Gasteiger partial charge in [-0.3, -0.25) is 4.57 Å². The molecule has 1 saturated heterocycles. The smallest absolute Gasteiger partial charge is 0.354 e. The van der Waals surface area contributed by atoms with E-state index in [1.54, 1.807) is 6.92 Å². The predicted molar refractivity (Wildman–Crippen MR) is 50.9 cm³/mol. The minimum absolute atomic E-state index is 0.0668. The van der Waals surface area contributed by atoms with Crippen LogP contribution in [0.2, 0.25) is 0 Å². The lowest BCUT2D eigenvalue weighted by atomic mass is 10.2. The van der Waals surface area contributed by atoms with Gasteiger partial charge in [0.25, 0.3) is 0 Å². The summed E-state index contributed by atoms with van der Waals surface area (Å²) in [6.07, 6.45) is 0.260. The first kappa shape index (κ1) is 10.1.